The van der Waals surface area contributed by atoms with Crippen LogP contribution in [0.1, 0.15) is 82.1 Å². The molecule has 0 aromatic carbocycles. The fourth-order valence-electron chi connectivity index (χ4n) is 5.76. The molecule has 0 aromatic heterocycles. The molecule has 0 bridgehead atoms. The fourth-order valence-corrected chi connectivity index (χ4v) is 5.76. The van der Waals surface area contributed by atoms with E-state index >= 15 is 0 Å². The van der Waals surface area contributed by atoms with Gasteiger partial charge in [0, 0.05) is 12.3 Å². The van der Waals surface area contributed by atoms with Gasteiger partial charge in [0.2, 0.25) is 0 Å². The highest BCUT2D eigenvalue weighted by molar-refractivity contribution is 5.45. The molecule has 2 rings (SSSR count). The highest BCUT2D eigenvalue weighted by atomic mass is 16.3. The quantitative estimate of drug-likeness (QED) is 0.177. The molecule has 0 radical (unpaired) electrons. The summed E-state index contributed by atoms with van der Waals surface area (Å²) in [7, 11) is 0. The highest BCUT2D eigenvalue weighted by Crippen LogP contribution is 2.43. The number of hydrogen-bond acceptors (Lipinski definition) is 3. The molecule has 0 spiro atoms. The molecule has 0 heterocycles. The van der Waals surface area contributed by atoms with Crippen molar-refractivity contribution in [2.45, 2.75) is 88.2 Å². The second-order valence-electron chi connectivity index (χ2n) is 13.5. The molecular weight excluding hydrogens is 528 g/mol. The van der Waals surface area contributed by atoms with Crippen molar-refractivity contribution >= 4 is 0 Å². The maximum Gasteiger partial charge on any atom is 0.156 e. The van der Waals surface area contributed by atoms with Crippen molar-refractivity contribution in [3.63, 3.8) is 0 Å². The molecule has 43 heavy (non-hydrogen) atoms. The van der Waals surface area contributed by atoms with Crippen molar-refractivity contribution in [1.29, 1.82) is 0 Å². The van der Waals surface area contributed by atoms with Crippen LogP contribution in [0.2, 0.25) is 0 Å². The molecule has 232 valence electrons. The second kappa shape index (κ2) is 15.8. The van der Waals surface area contributed by atoms with Crippen LogP contribution in [-0.2, 0) is 0 Å². The predicted octanol–water partition coefficient (Wildman–Crippen LogP) is 11.0. The van der Waals surface area contributed by atoms with Gasteiger partial charge in [-0.05, 0) is 69.9 Å². The Morgan fingerprint density at radius 2 is 1.23 bits per heavy atom. The fraction of sp³-hybridized carbons (Fsp3) is 0.400. The summed E-state index contributed by atoms with van der Waals surface area (Å²) in [5.74, 6) is 0.403. The van der Waals surface area contributed by atoms with Gasteiger partial charge in [-0.3, -0.25) is 0 Å². The first-order valence-corrected chi connectivity index (χ1v) is 15.3. The van der Waals surface area contributed by atoms with Crippen molar-refractivity contribution in [2.75, 3.05) is 0 Å². The Bertz CT molecular complexity index is 1380. The monoisotopic (exact) mass is 582 g/mol. The summed E-state index contributed by atoms with van der Waals surface area (Å²) in [4.78, 5) is 0. The van der Waals surface area contributed by atoms with E-state index in [0.717, 1.165) is 28.7 Å². The van der Waals surface area contributed by atoms with Gasteiger partial charge in [0.15, 0.2) is 5.76 Å². The Hall–Kier alpha value is -3.56. The first-order chi connectivity index (χ1) is 20.0. The van der Waals surface area contributed by atoms with Gasteiger partial charge in [0.1, 0.15) is 5.76 Å². The molecule has 0 saturated carbocycles. The lowest BCUT2D eigenvalue weighted by molar-refractivity contribution is 0.117. The normalized spacial score (nSPS) is 24.6. The van der Waals surface area contributed by atoms with Gasteiger partial charge in [-0.25, -0.2) is 0 Å². The van der Waals surface area contributed by atoms with E-state index in [0.29, 0.717) is 12.3 Å². The Morgan fingerprint density at radius 1 is 0.744 bits per heavy atom. The molecule has 2 atom stereocenters. The van der Waals surface area contributed by atoms with Crippen molar-refractivity contribution < 1.29 is 15.3 Å². The molecule has 2 aliphatic carbocycles. The molecule has 0 aromatic rings. The van der Waals surface area contributed by atoms with E-state index in [-0.39, 0.29) is 28.5 Å². The molecule has 0 saturated heterocycles. The maximum atomic E-state index is 10.2. The van der Waals surface area contributed by atoms with Crippen LogP contribution in [0.15, 0.2) is 142 Å². The number of aliphatic hydroxyl groups is 3. The standard InChI is InChI=1S/C40H54O3/c1-28(17-13-19-30(3)21-23-35-32(5)25-34(41)26-39(35,7)8)15-11-12-16-29(2)18-14-20-31(4)22-24-36-33(6)38(43)37(42)27-40(36,9)10/h11-25,34-35,41-43H,26-27H2,1-10H3/b12-11+,17-13+,18-14+,23-21+,24-22+,28-15+,29-16+,30-19+,31-20+/t34?,35-/m0/s1. The van der Waals surface area contributed by atoms with Crippen LogP contribution in [0.4, 0.5) is 0 Å². The molecule has 3 heteroatoms. The van der Waals surface area contributed by atoms with Crippen molar-refractivity contribution in [1.82, 2.24) is 0 Å². The minimum absolute atomic E-state index is 0.000480. The van der Waals surface area contributed by atoms with Crippen LogP contribution in [0.25, 0.3) is 0 Å². The van der Waals surface area contributed by atoms with Crippen LogP contribution < -0.4 is 0 Å². The van der Waals surface area contributed by atoms with Gasteiger partial charge in [0.05, 0.1) is 6.10 Å². The average molecular weight is 583 g/mol. The van der Waals surface area contributed by atoms with Crippen LogP contribution in [-0.4, -0.2) is 21.4 Å². The Labute approximate surface area is 261 Å². The molecule has 0 amide bonds. The Morgan fingerprint density at radius 3 is 1.77 bits per heavy atom. The topological polar surface area (TPSA) is 60.7 Å². The summed E-state index contributed by atoms with van der Waals surface area (Å²) in [5, 5.41) is 30.2. The SMILES string of the molecule is CC1=CC(O)CC(C)(C)[C@H]1/C=C/C(C)=C/C=C/C(C)=C/C=C/C=C(C)/C=C/C=C(C)/C=C/C1=C(C)C(O)=C(O)CC1(C)C. The zero-order chi connectivity index (χ0) is 32.4. The van der Waals surface area contributed by atoms with E-state index in [2.05, 4.69) is 129 Å². The number of aliphatic hydroxyl groups excluding tert-OH is 3. The molecule has 0 fully saturated rings. The van der Waals surface area contributed by atoms with Crippen molar-refractivity contribution in [2.24, 2.45) is 16.7 Å². The van der Waals surface area contributed by atoms with E-state index < -0.39 is 0 Å². The Kier molecular flexibility index (Phi) is 13.1. The summed E-state index contributed by atoms with van der Waals surface area (Å²) in [6.07, 6.45) is 32.2. The van der Waals surface area contributed by atoms with Gasteiger partial charge in [-0.2, -0.15) is 0 Å². The van der Waals surface area contributed by atoms with Crippen LogP contribution >= 0.6 is 0 Å². The predicted molar refractivity (Wildman–Crippen MR) is 186 cm³/mol. The van der Waals surface area contributed by atoms with Crippen LogP contribution in [0, 0.1) is 16.7 Å². The first-order valence-electron chi connectivity index (χ1n) is 15.3. The van der Waals surface area contributed by atoms with E-state index in [9.17, 15) is 15.3 Å². The lowest BCUT2D eigenvalue weighted by Gasteiger charge is -2.38. The molecule has 3 N–H and O–H groups in total. The minimum Gasteiger partial charge on any atom is -0.508 e. The zero-order valence-electron chi connectivity index (χ0n) is 28.1. The third-order valence-corrected chi connectivity index (χ3v) is 8.22. The van der Waals surface area contributed by atoms with Gasteiger partial charge in [-0.1, -0.05) is 147 Å². The van der Waals surface area contributed by atoms with Crippen LogP contribution in [0.5, 0.6) is 0 Å². The summed E-state index contributed by atoms with van der Waals surface area (Å²) in [6.45, 7) is 20.9. The van der Waals surface area contributed by atoms with Gasteiger partial charge >= 0.3 is 0 Å². The molecular formula is C40H54O3. The summed E-state index contributed by atoms with van der Waals surface area (Å²) < 4.78 is 0. The molecule has 0 aliphatic heterocycles. The van der Waals surface area contributed by atoms with E-state index in [1.807, 2.05) is 31.2 Å². The lowest BCUT2D eigenvalue weighted by atomic mass is 9.67. The number of hydrogen-bond donors (Lipinski definition) is 3. The molecule has 1 unspecified atom stereocenters. The summed E-state index contributed by atoms with van der Waals surface area (Å²) in [6, 6.07) is 0. The second-order valence-corrected chi connectivity index (χ2v) is 13.5. The maximum absolute atomic E-state index is 10.2. The van der Waals surface area contributed by atoms with E-state index in [1.54, 1.807) is 0 Å². The van der Waals surface area contributed by atoms with E-state index in [1.165, 1.54) is 16.7 Å². The lowest BCUT2D eigenvalue weighted by Crippen LogP contribution is -2.32. The van der Waals surface area contributed by atoms with Crippen molar-refractivity contribution in [3.8, 4) is 0 Å². The number of allylic oxidation sites excluding steroid dienone is 22. The summed E-state index contributed by atoms with van der Waals surface area (Å²) >= 11 is 0. The first kappa shape index (κ1) is 35.6. The third kappa shape index (κ3) is 11.2. The minimum atomic E-state index is -0.338. The van der Waals surface area contributed by atoms with E-state index in [4.69, 9.17) is 0 Å². The van der Waals surface area contributed by atoms with Crippen LogP contribution in [0.3, 0.4) is 0 Å². The van der Waals surface area contributed by atoms with Gasteiger partial charge in [0.25, 0.3) is 0 Å². The average Bonchev–Trinajstić information content (AvgIpc) is 2.88. The van der Waals surface area contributed by atoms with Gasteiger partial charge in [-0.15, -0.1) is 0 Å². The summed E-state index contributed by atoms with van der Waals surface area (Å²) in [5.41, 5.74) is 7.44. The Balaban J connectivity index is 1.92. The van der Waals surface area contributed by atoms with Crippen molar-refractivity contribution in [3.05, 3.63) is 142 Å². The smallest absolute Gasteiger partial charge is 0.156 e. The third-order valence-electron chi connectivity index (χ3n) is 8.22. The number of rotatable bonds is 10. The van der Waals surface area contributed by atoms with Gasteiger partial charge < -0.3 is 15.3 Å². The largest absolute Gasteiger partial charge is 0.508 e. The zero-order valence-corrected chi connectivity index (χ0v) is 28.1. The molecule has 3 nitrogen and oxygen atoms in total. The highest BCUT2D eigenvalue weighted by Gasteiger charge is 2.34. The molecule has 2 aliphatic rings.